The highest BCUT2D eigenvalue weighted by Crippen LogP contribution is 2.21. The van der Waals surface area contributed by atoms with E-state index < -0.39 is 0 Å². The minimum Gasteiger partial charge on any atom is -0.489 e. The second-order valence-corrected chi connectivity index (χ2v) is 6.85. The van der Waals surface area contributed by atoms with Gasteiger partial charge >= 0.3 is 0 Å². The van der Waals surface area contributed by atoms with Gasteiger partial charge in [0.1, 0.15) is 18.2 Å². The average Bonchev–Trinajstić information content (AvgIpc) is 2.61. The van der Waals surface area contributed by atoms with E-state index in [1.54, 1.807) is 6.07 Å². The summed E-state index contributed by atoms with van der Waals surface area (Å²) in [5.74, 6) is 0.393. The quantitative estimate of drug-likeness (QED) is 0.496. The monoisotopic (exact) mass is 419 g/mol. The molecule has 0 aliphatic carbocycles. The van der Waals surface area contributed by atoms with Crippen molar-refractivity contribution < 1.29 is 9.13 Å². The fourth-order valence-electron chi connectivity index (χ4n) is 2.28. The van der Waals surface area contributed by atoms with Crippen LogP contribution in [0.1, 0.15) is 11.1 Å². The van der Waals surface area contributed by atoms with E-state index in [0.717, 1.165) is 33.6 Å². The molecule has 3 aromatic rings. The fraction of sp³-hybridized carbons (Fsp3) is 0.100. The Labute approximate surface area is 159 Å². The first-order chi connectivity index (χ1) is 12.1. The molecular formula is C20H16BrClFNO. The van der Waals surface area contributed by atoms with Gasteiger partial charge in [-0.15, -0.1) is 0 Å². The van der Waals surface area contributed by atoms with Crippen molar-refractivity contribution in [1.82, 2.24) is 0 Å². The van der Waals surface area contributed by atoms with Gasteiger partial charge in [-0.3, -0.25) is 0 Å². The maximum Gasteiger partial charge on any atom is 0.124 e. The lowest BCUT2D eigenvalue weighted by Gasteiger charge is -2.10. The first-order valence-corrected chi connectivity index (χ1v) is 8.92. The number of rotatable bonds is 6. The molecule has 3 aromatic carbocycles. The summed E-state index contributed by atoms with van der Waals surface area (Å²) in [6, 6.07) is 20.2. The van der Waals surface area contributed by atoms with Crippen molar-refractivity contribution in [3.8, 4) is 5.75 Å². The van der Waals surface area contributed by atoms with Crippen LogP contribution in [0.2, 0.25) is 5.02 Å². The van der Waals surface area contributed by atoms with E-state index in [1.807, 2.05) is 48.5 Å². The van der Waals surface area contributed by atoms with Crippen molar-refractivity contribution in [3.63, 3.8) is 0 Å². The average molecular weight is 421 g/mol. The molecule has 0 aliphatic heterocycles. The van der Waals surface area contributed by atoms with Gasteiger partial charge in [0.25, 0.3) is 0 Å². The Bertz CT molecular complexity index is 837. The molecule has 5 heteroatoms. The van der Waals surface area contributed by atoms with Crippen LogP contribution in [0.15, 0.2) is 71.2 Å². The molecule has 128 valence electrons. The number of hydrogen-bond acceptors (Lipinski definition) is 2. The molecule has 0 saturated heterocycles. The van der Waals surface area contributed by atoms with Crippen molar-refractivity contribution in [2.45, 2.75) is 13.2 Å². The van der Waals surface area contributed by atoms with Crippen LogP contribution in [-0.4, -0.2) is 0 Å². The largest absolute Gasteiger partial charge is 0.489 e. The summed E-state index contributed by atoms with van der Waals surface area (Å²) in [6.45, 7) is 1.03. The maximum atomic E-state index is 13.0. The number of anilines is 1. The van der Waals surface area contributed by atoms with Crippen LogP contribution >= 0.6 is 27.5 Å². The van der Waals surface area contributed by atoms with Crippen LogP contribution in [0.3, 0.4) is 0 Å². The van der Waals surface area contributed by atoms with Crippen LogP contribution < -0.4 is 10.1 Å². The highest BCUT2D eigenvalue weighted by molar-refractivity contribution is 9.10. The smallest absolute Gasteiger partial charge is 0.124 e. The zero-order chi connectivity index (χ0) is 17.6. The van der Waals surface area contributed by atoms with Gasteiger partial charge in [-0.05, 0) is 54.1 Å². The molecule has 0 unspecified atom stereocenters. The molecular weight excluding hydrogens is 405 g/mol. The Kier molecular flexibility index (Phi) is 5.95. The third kappa shape index (κ3) is 5.21. The molecule has 2 nitrogen and oxygen atoms in total. The highest BCUT2D eigenvalue weighted by atomic mass is 79.9. The molecule has 3 rings (SSSR count). The van der Waals surface area contributed by atoms with Crippen molar-refractivity contribution in [3.05, 3.63) is 93.2 Å². The first-order valence-electron chi connectivity index (χ1n) is 7.75. The Balaban J connectivity index is 1.54. The van der Waals surface area contributed by atoms with Crippen LogP contribution in [-0.2, 0) is 13.2 Å². The SMILES string of the molecule is Fc1ccc(COc2ccc(CNc3ccc(Br)cc3)cc2)c(Cl)c1. The Morgan fingerprint density at radius 2 is 1.68 bits per heavy atom. The van der Waals surface area contributed by atoms with E-state index in [1.165, 1.54) is 12.1 Å². The highest BCUT2D eigenvalue weighted by Gasteiger charge is 2.03. The lowest BCUT2D eigenvalue weighted by Crippen LogP contribution is -2.00. The summed E-state index contributed by atoms with van der Waals surface area (Å²) < 4.78 is 19.8. The molecule has 1 N–H and O–H groups in total. The minimum atomic E-state index is -0.351. The number of hydrogen-bond donors (Lipinski definition) is 1. The molecule has 0 bridgehead atoms. The summed E-state index contributed by atoms with van der Waals surface area (Å²) in [7, 11) is 0. The van der Waals surface area contributed by atoms with Crippen LogP contribution in [0.25, 0.3) is 0 Å². The molecule has 0 fully saturated rings. The van der Waals surface area contributed by atoms with Crippen molar-refractivity contribution in [1.29, 1.82) is 0 Å². The molecule has 0 saturated carbocycles. The predicted octanol–water partition coefficient (Wildman–Crippen LogP) is 6.43. The predicted molar refractivity (Wildman–Crippen MR) is 104 cm³/mol. The second kappa shape index (κ2) is 8.37. The van der Waals surface area contributed by atoms with E-state index in [9.17, 15) is 4.39 Å². The third-order valence-electron chi connectivity index (χ3n) is 3.67. The van der Waals surface area contributed by atoms with Crippen LogP contribution in [0.4, 0.5) is 10.1 Å². The van der Waals surface area contributed by atoms with Gasteiger partial charge in [0.2, 0.25) is 0 Å². The second-order valence-electron chi connectivity index (χ2n) is 5.53. The molecule has 0 spiro atoms. The summed E-state index contributed by atoms with van der Waals surface area (Å²) in [6.07, 6.45) is 0. The van der Waals surface area contributed by atoms with E-state index in [4.69, 9.17) is 16.3 Å². The van der Waals surface area contributed by atoms with Gasteiger partial charge in [0.05, 0.1) is 5.02 Å². The van der Waals surface area contributed by atoms with Gasteiger partial charge in [-0.1, -0.05) is 45.7 Å². The van der Waals surface area contributed by atoms with Crippen LogP contribution in [0.5, 0.6) is 5.75 Å². The van der Waals surface area contributed by atoms with Gasteiger partial charge in [0.15, 0.2) is 0 Å². The Morgan fingerprint density at radius 1 is 0.960 bits per heavy atom. The minimum absolute atomic E-state index is 0.301. The maximum absolute atomic E-state index is 13.0. The van der Waals surface area contributed by atoms with E-state index in [-0.39, 0.29) is 5.82 Å². The fourth-order valence-corrected chi connectivity index (χ4v) is 2.76. The summed E-state index contributed by atoms with van der Waals surface area (Å²) >= 11 is 9.42. The number of nitrogens with one attached hydrogen (secondary N) is 1. The number of halogens is 3. The van der Waals surface area contributed by atoms with E-state index >= 15 is 0 Å². The Morgan fingerprint density at radius 3 is 2.36 bits per heavy atom. The number of ether oxygens (including phenoxy) is 1. The van der Waals surface area contributed by atoms with E-state index in [2.05, 4.69) is 21.2 Å². The van der Waals surface area contributed by atoms with Crippen molar-refractivity contribution >= 4 is 33.2 Å². The first kappa shape index (κ1) is 17.8. The van der Waals surface area contributed by atoms with Crippen molar-refractivity contribution in [2.24, 2.45) is 0 Å². The van der Waals surface area contributed by atoms with E-state index in [0.29, 0.717) is 11.6 Å². The lowest BCUT2D eigenvalue weighted by atomic mass is 10.2. The van der Waals surface area contributed by atoms with Gasteiger partial charge < -0.3 is 10.1 Å². The summed E-state index contributed by atoms with van der Waals surface area (Å²) in [4.78, 5) is 0. The van der Waals surface area contributed by atoms with Crippen LogP contribution in [0, 0.1) is 5.82 Å². The van der Waals surface area contributed by atoms with Gasteiger partial charge in [-0.25, -0.2) is 4.39 Å². The molecule has 0 aliphatic rings. The molecule has 0 heterocycles. The molecule has 0 aromatic heterocycles. The molecule has 0 amide bonds. The topological polar surface area (TPSA) is 21.3 Å². The summed E-state index contributed by atoms with van der Waals surface area (Å²) in [5.41, 5.74) is 2.97. The third-order valence-corrected chi connectivity index (χ3v) is 4.55. The normalized spacial score (nSPS) is 10.5. The Hall–Kier alpha value is -2.04. The molecule has 25 heavy (non-hydrogen) atoms. The lowest BCUT2D eigenvalue weighted by molar-refractivity contribution is 0.306. The van der Waals surface area contributed by atoms with Crippen molar-refractivity contribution in [2.75, 3.05) is 5.32 Å². The molecule has 0 radical (unpaired) electrons. The number of benzene rings is 3. The van der Waals surface area contributed by atoms with Gasteiger partial charge in [0, 0.05) is 22.3 Å². The molecule has 0 atom stereocenters. The zero-order valence-electron chi connectivity index (χ0n) is 13.3. The summed E-state index contributed by atoms with van der Waals surface area (Å²) in [5, 5.41) is 3.73. The standard InChI is InChI=1S/C20H16BrClFNO/c21-16-4-7-18(8-5-16)24-12-14-1-9-19(10-2-14)25-13-15-3-6-17(23)11-20(15)22/h1-11,24H,12-13H2. The van der Waals surface area contributed by atoms with Gasteiger partial charge in [-0.2, -0.15) is 0 Å². The zero-order valence-corrected chi connectivity index (χ0v) is 15.6.